The van der Waals surface area contributed by atoms with Gasteiger partial charge in [-0.3, -0.25) is 0 Å². The number of hydrogen-bond acceptors (Lipinski definition) is 2. The van der Waals surface area contributed by atoms with Gasteiger partial charge in [0, 0.05) is 16.9 Å². The largest absolute Gasteiger partial charge is 0.374 e. The zero-order valence-corrected chi connectivity index (χ0v) is 10.9. The summed E-state index contributed by atoms with van der Waals surface area (Å²) in [6.45, 7) is 3.84. The third kappa shape index (κ3) is 3.30. The highest BCUT2D eigenvalue weighted by atomic mass is 32.2. The van der Waals surface area contributed by atoms with Gasteiger partial charge in [-0.25, -0.2) is 0 Å². The van der Waals surface area contributed by atoms with E-state index in [0.717, 1.165) is 23.3 Å². The fourth-order valence-corrected chi connectivity index (χ4v) is 2.18. The molecular weight excluding hydrogens is 216 g/mol. The lowest BCUT2D eigenvalue weighted by Gasteiger charge is -2.19. The van der Waals surface area contributed by atoms with Crippen molar-refractivity contribution in [1.82, 2.24) is 0 Å². The van der Waals surface area contributed by atoms with Crippen molar-refractivity contribution in [1.29, 1.82) is 0 Å². The third-order valence-electron chi connectivity index (χ3n) is 2.34. The second-order valence-electron chi connectivity index (χ2n) is 3.82. The molecule has 0 heterocycles. The van der Waals surface area contributed by atoms with E-state index in [1.54, 1.807) is 18.7 Å². The van der Waals surface area contributed by atoms with Gasteiger partial charge in [-0.1, -0.05) is 37.0 Å². The molecular formula is C14H18OS. The molecule has 0 saturated heterocycles. The van der Waals surface area contributed by atoms with Crippen LogP contribution in [0.1, 0.15) is 32.3 Å². The van der Waals surface area contributed by atoms with E-state index in [2.05, 4.69) is 18.8 Å². The van der Waals surface area contributed by atoms with Crippen LogP contribution in [0, 0.1) is 11.8 Å². The minimum atomic E-state index is -1.05. The molecule has 1 unspecified atom stereocenters. The van der Waals surface area contributed by atoms with E-state index in [0.29, 0.717) is 0 Å². The molecule has 1 aromatic rings. The Morgan fingerprint density at radius 1 is 1.38 bits per heavy atom. The number of thioether (sulfide) groups is 1. The van der Waals surface area contributed by atoms with E-state index in [1.807, 2.05) is 30.5 Å². The summed E-state index contributed by atoms with van der Waals surface area (Å²) in [5.41, 5.74) is -0.152. The predicted molar refractivity (Wildman–Crippen MR) is 70.5 cm³/mol. The van der Waals surface area contributed by atoms with Gasteiger partial charge in [0.05, 0.1) is 0 Å². The number of unbranched alkanes of at least 4 members (excludes halogenated alkanes) is 1. The molecule has 1 N–H and O–H groups in total. The van der Waals surface area contributed by atoms with Crippen molar-refractivity contribution in [3.8, 4) is 11.8 Å². The average molecular weight is 234 g/mol. The monoisotopic (exact) mass is 234 g/mol. The van der Waals surface area contributed by atoms with Crippen LogP contribution < -0.4 is 0 Å². The van der Waals surface area contributed by atoms with Gasteiger partial charge < -0.3 is 5.11 Å². The Morgan fingerprint density at radius 2 is 2.06 bits per heavy atom. The van der Waals surface area contributed by atoms with Gasteiger partial charge in [0.25, 0.3) is 0 Å². The molecule has 0 aliphatic heterocycles. The van der Waals surface area contributed by atoms with Gasteiger partial charge in [-0.15, -0.1) is 11.8 Å². The first-order chi connectivity index (χ1) is 7.61. The van der Waals surface area contributed by atoms with Gasteiger partial charge in [0.1, 0.15) is 5.60 Å². The van der Waals surface area contributed by atoms with E-state index >= 15 is 0 Å². The molecule has 1 rings (SSSR count). The summed E-state index contributed by atoms with van der Waals surface area (Å²) in [5.74, 6) is 5.96. The minimum Gasteiger partial charge on any atom is -0.374 e. The lowest BCUT2D eigenvalue weighted by atomic mass is 9.96. The van der Waals surface area contributed by atoms with Crippen LogP contribution in [0.25, 0.3) is 0 Å². The third-order valence-corrected chi connectivity index (χ3v) is 3.13. The summed E-state index contributed by atoms with van der Waals surface area (Å²) in [5, 5.41) is 10.3. The van der Waals surface area contributed by atoms with E-state index in [4.69, 9.17) is 0 Å². The standard InChI is InChI=1S/C14H18OS/c1-4-5-8-11-14(2,15)12-9-6-7-10-13(12)16-3/h6-7,9-10,15H,4-5H2,1-3H3. The first-order valence-electron chi connectivity index (χ1n) is 5.47. The zero-order valence-electron chi connectivity index (χ0n) is 10.1. The summed E-state index contributed by atoms with van der Waals surface area (Å²) in [7, 11) is 0. The quantitative estimate of drug-likeness (QED) is 0.639. The molecule has 0 spiro atoms. The molecule has 16 heavy (non-hydrogen) atoms. The van der Waals surface area contributed by atoms with Crippen LogP contribution in [0.3, 0.4) is 0 Å². The van der Waals surface area contributed by atoms with Crippen LogP contribution in [0.4, 0.5) is 0 Å². The van der Waals surface area contributed by atoms with Gasteiger partial charge in [-0.2, -0.15) is 0 Å². The van der Waals surface area contributed by atoms with Crippen LogP contribution in [-0.4, -0.2) is 11.4 Å². The van der Waals surface area contributed by atoms with Crippen molar-refractivity contribution in [3.05, 3.63) is 29.8 Å². The molecule has 1 nitrogen and oxygen atoms in total. The zero-order chi connectivity index (χ0) is 12.0. The Balaban J connectivity index is 3.02. The lowest BCUT2D eigenvalue weighted by Crippen LogP contribution is -2.19. The second-order valence-corrected chi connectivity index (χ2v) is 4.67. The number of hydrogen-bond donors (Lipinski definition) is 1. The van der Waals surface area contributed by atoms with Gasteiger partial charge >= 0.3 is 0 Å². The summed E-state index contributed by atoms with van der Waals surface area (Å²) < 4.78 is 0. The highest BCUT2D eigenvalue weighted by Gasteiger charge is 2.22. The highest BCUT2D eigenvalue weighted by molar-refractivity contribution is 7.98. The van der Waals surface area contributed by atoms with Gasteiger partial charge in [-0.05, 0) is 25.7 Å². The molecule has 0 amide bonds. The number of benzene rings is 1. The molecule has 0 bridgehead atoms. The van der Waals surface area contributed by atoms with Crippen molar-refractivity contribution < 1.29 is 5.11 Å². The molecule has 1 atom stereocenters. The Bertz CT molecular complexity index is 399. The normalized spacial score (nSPS) is 13.8. The molecule has 86 valence electrons. The molecule has 0 aliphatic rings. The van der Waals surface area contributed by atoms with Crippen molar-refractivity contribution in [2.45, 2.75) is 37.2 Å². The van der Waals surface area contributed by atoms with Crippen LogP contribution in [0.5, 0.6) is 0 Å². The average Bonchev–Trinajstić information content (AvgIpc) is 2.29. The Kier molecular flexibility index (Phi) is 4.92. The highest BCUT2D eigenvalue weighted by Crippen LogP contribution is 2.29. The Hall–Kier alpha value is -0.910. The van der Waals surface area contributed by atoms with Crippen molar-refractivity contribution in [3.63, 3.8) is 0 Å². The first-order valence-corrected chi connectivity index (χ1v) is 6.70. The fraction of sp³-hybridized carbons (Fsp3) is 0.429. The Labute approximate surface area is 102 Å². The summed E-state index contributed by atoms with van der Waals surface area (Å²) >= 11 is 1.63. The van der Waals surface area contributed by atoms with E-state index < -0.39 is 5.60 Å². The molecule has 2 heteroatoms. The van der Waals surface area contributed by atoms with Crippen LogP contribution in [0.2, 0.25) is 0 Å². The molecule has 0 fully saturated rings. The fourth-order valence-electron chi connectivity index (χ4n) is 1.47. The molecule has 0 aromatic heterocycles. The van der Waals surface area contributed by atoms with E-state index in [-0.39, 0.29) is 0 Å². The van der Waals surface area contributed by atoms with Gasteiger partial charge in [0.2, 0.25) is 0 Å². The molecule has 1 aromatic carbocycles. The van der Waals surface area contributed by atoms with Crippen LogP contribution in [-0.2, 0) is 5.60 Å². The van der Waals surface area contributed by atoms with Gasteiger partial charge in [0.15, 0.2) is 0 Å². The van der Waals surface area contributed by atoms with E-state index in [9.17, 15) is 5.11 Å². The van der Waals surface area contributed by atoms with Crippen molar-refractivity contribution in [2.75, 3.05) is 6.26 Å². The summed E-state index contributed by atoms with van der Waals surface area (Å²) in [6, 6.07) is 7.86. The second kappa shape index (κ2) is 5.98. The van der Waals surface area contributed by atoms with Crippen molar-refractivity contribution in [2.24, 2.45) is 0 Å². The predicted octanol–water partition coefficient (Wildman–Crippen LogP) is 3.42. The molecule has 0 saturated carbocycles. The molecule has 0 radical (unpaired) electrons. The minimum absolute atomic E-state index is 0.831. The summed E-state index contributed by atoms with van der Waals surface area (Å²) in [6.07, 6.45) is 3.86. The van der Waals surface area contributed by atoms with Crippen LogP contribution in [0.15, 0.2) is 29.2 Å². The maximum absolute atomic E-state index is 10.3. The molecule has 0 aliphatic carbocycles. The number of aliphatic hydroxyl groups is 1. The van der Waals surface area contributed by atoms with Crippen molar-refractivity contribution >= 4 is 11.8 Å². The summed E-state index contributed by atoms with van der Waals surface area (Å²) in [4.78, 5) is 1.08. The first kappa shape index (κ1) is 13.2. The topological polar surface area (TPSA) is 20.2 Å². The van der Waals surface area contributed by atoms with Crippen LogP contribution >= 0.6 is 11.8 Å². The SMILES string of the molecule is CCCC#CC(C)(O)c1ccccc1SC. The lowest BCUT2D eigenvalue weighted by molar-refractivity contribution is 0.119. The smallest absolute Gasteiger partial charge is 0.149 e. The number of rotatable bonds is 3. The van der Waals surface area contributed by atoms with E-state index in [1.165, 1.54) is 0 Å². The Morgan fingerprint density at radius 3 is 2.69 bits per heavy atom. The maximum Gasteiger partial charge on any atom is 0.149 e. The maximum atomic E-state index is 10.3.